The van der Waals surface area contributed by atoms with Crippen LogP contribution in [0.4, 0.5) is 5.13 Å². The molecule has 0 fully saturated rings. The van der Waals surface area contributed by atoms with Gasteiger partial charge in [0.2, 0.25) is 5.91 Å². The molecule has 0 saturated heterocycles. The van der Waals surface area contributed by atoms with Gasteiger partial charge in [-0.05, 0) is 43.9 Å². The number of hydrogen-bond donors (Lipinski definition) is 3. The zero-order valence-electron chi connectivity index (χ0n) is 15.3. The van der Waals surface area contributed by atoms with E-state index in [0.29, 0.717) is 16.4 Å². The lowest BCUT2D eigenvalue weighted by Crippen LogP contribution is -2.27. The average molecular weight is 386 g/mol. The first kappa shape index (κ1) is 19.0. The Kier molecular flexibility index (Phi) is 5.85. The van der Waals surface area contributed by atoms with Crippen molar-refractivity contribution in [2.24, 2.45) is 0 Å². The lowest BCUT2D eigenvalue weighted by molar-refractivity contribution is -0.116. The first-order valence-corrected chi connectivity index (χ1v) is 9.79. The second kappa shape index (κ2) is 8.30. The maximum absolute atomic E-state index is 12.2. The van der Waals surface area contributed by atoms with Gasteiger partial charge >= 0.3 is 5.69 Å². The normalized spacial score (nSPS) is 11.0. The number of fused-ring (bicyclic) bond motifs is 1. The second-order valence-electron chi connectivity index (χ2n) is 6.48. The fraction of sp³-hybridized carbons (Fsp3) is 0.368. The molecule has 142 valence electrons. The van der Waals surface area contributed by atoms with Gasteiger partial charge in [-0.1, -0.05) is 30.7 Å². The number of nitrogens with one attached hydrogen (secondary N) is 3. The minimum absolute atomic E-state index is 0.133. The Morgan fingerprint density at radius 2 is 2.04 bits per heavy atom. The molecule has 0 bridgehead atoms. The molecular weight excluding hydrogens is 364 g/mol. The Morgan fingerprint density at radius 1 is 1.22 bits per heavy atom. The van der Waals surface area contributed by atoms with E-state index in [4.69, 9.17) is 0 Å². The number of carbonyl (C=O) groups excluding carboxylic acids is 1. The van der Waals surface area contributed by atoms with Crippen LogP contribution in [0.15, 0.2) is 27.8 Å². The SMILES string of the molecule is CCCCc1ccc2nc(NC(=O)CCc3c(C)[nH]c(=O)[nH]c3=O)sc2c1. The van der Waals surface area contributed by atoms with Gasteiger partial charge in [0.05, 0.1) is 10.2 Å². The molecule has 0 aliphatic rings. The third-order valence-electron chi connectivity index (χ3n) is 4.38. The molecule has 0 saturated carbocycles. The van der Waals surface area contributed by atoms with Crippen LogP contribution in [-0.2, 0) is 17.6 Å². The fourth-order valence-electron chi connectivity index (χ4n) is 2.91. The molecule has 0 spiro atoms. The summed E-state index contributed by atoms with van der Waals surface area (Å²) in [6, 6.07) is 6.19. The van der Waals surface area contributed by atoms with Gasteiger partial charge in [0.25, 0.3) is 5.56 Å². The molecule has 3 rings (SSSR count). The predicted octanol–water partition coefficient (Wildman–Crippen LogP) is 2.90. The van der Waals surface area contributed by atoms with Gasteiger partial charge in [0, 0.05) is 17.7 Å². The fourth-order valence-corrected chi connectivity index (χ4v) is 3.85. The number of hydrogen-bond acceptors (Lipinski definition) is 5. The van der Waals surface area contributed by atoms with E-state index in [-0.39, 0.29) is 18.7 Å². The largest absolute Gasteiger partial charge is 0.325 e. The zero-order chi connectivity index (χ0) is 19.4. The van der Waals surface area contributed by atoms with Crippen molar-refractivity contribution in [3.05, 3.63) is 55.9 Å². The summed E-state index contributed by atoms with van der Waals surface area (Å²) in [4.78, 5) is 44.4. The van der Waals surface area contributed by atoms with Crippen LogP contribution in [-0.4, -0.2) is 20.9 Å². The van der Waals surface area contributed by atoms with Crippen molar-refractivity contribution in [2.45, 2.75) is 46.0 Å². The molecule has 0 unspecified atom stereocenters. The molecular formula is C19H22N4O3S. The van der Waals surface area contributed by atoms with Gasteiger partial charge in [-0.2, -0.15) is 0 Å². The number of rotatable bonds is 7. The van der Waals surface area contributed by atoms with Crippen LogP contribution < -0.4 is 16.6 Å². The van der Waals surface area contributed by atoms with Gasteiger partial charge < -0.3 is 10.3 Å². The average Bonchev–Trinajstić information content (AvgIpc) is 3.00. The highest BCUT2D eigenvalue weighted by Gasteiger charge is 2.11. The first-order chi connectivity index (χ1) is 13.0. The second-order valence-corrected chi connectivity index (χ2v) is 7.52. The molecule has 1 aromatic carbocycles. The monoisotopic (exact) mass is 386 g/mol. The van der Waals surface area contributed by atoms with E-state index < -0.39 is 11.2 Å². The van der Waals surface area contributed by atoms with E-state index >= 15 is 0 Å². The molecule has 27 heavy (non-hydrogen) atoms. The molecule has 1 amide bonds. The molecule has 7 nitrogen and oxygen atoms in total. The third kappa shape index (κ3) is 4.71. The van der Waals surface area contributed by atoms with E-state index in [1.807, 2.05) is 6.07 Å². The summed E-state index contributed by atoms with van der Waals surface area (Å²) in [6.45, 7) is 3.81. The number of unbranched alkanes of at least 4 members (excludes halogenated alkanes) is 1. The molecule has 8 heteroatoms. The summed E-state index contributed by atoms with van der Waals surface area (Å²) in [5.41, 5.74) is 2.04. The molecule has 2 heterocycles. The number of carbonyl (C=O) groups is 1. The smallest absolute Gasteiger partial charge is 0.311 e. The Hall–Kier alpha value is -2.74. The minimum atomic E-state index is -0.543. The minimum Gasteiger partial charge on any atom is -0.311 e. The number of amides is 1. The third-order valence-corrected chi connectivity index (χ3v) is 5.31. The summed E-state index contributed by atoms with van der Waals surface area (Å²) in [6.07, 6.45) is 3.72. The summed E-state index contributed by atoms with van der Waals surface area (Å²) in [7, 11) is 0. The highest BCUT2D eigenvalue weighted by Crippen LogP contribution is 2.27. The van der Waals surface area contributed by atoms with Crippen LogP contribution in [0, 0.1) is 6.92 Å². The first-order valence-electron chi connectivity index (χ1n) is 8.97. The Morgan fingerprint density at radius 3 is 2.78 bits per heavy atom. The van der Waals surface area contributed by atoms with Gasteiger partial charge in [-0.25, -0.2) is 9.78 Å². The van der Waals surface area contributed by atoms with Gasteiger partial charge in [-0.15, -0.1) is 0 Å². The number of aryl methyl sites for hydroxylation is 2. The number of H-pyrrole nitrogens is 2. The number of anilines is 1. The zero-order valence-corrected chi connectivity index (χ0v) is 16.2. The van der Waals surface area contributed by atoms with Crippen molar-refractivity contribution in [3.8, 4) is 0 Å². The summed E-state index contributed by atoms with van der Waals surface area (Å²) >= 11 is 1.44. The number of aromatic nitrogens is 3. The van der Waals surface area contributed by atoms with E-state index in [1.165, 1.54) is 16.9 Å². The summed E-state index contributed by atoms with van der Waals surface area (Å²) in [5.74, 6) is -0.217. The van der Waals surface area contributed by atoms with Crippen LogP contribution in [0.2, 0.25) is 0 Å². The topological polar surface area (TPSA) is 108 Å². The number of nitrogens with zero attached hydrogens (tertiary/aromatic N) is 1. The maximum atomic E-state index is 12.2. The highest BCUT2D eigenvalue weighted by molar-refractivity contribution is 7.22. The molecule has 3 aromatic rings. The van der Waals surface area contributed by atoms with Crippen molar-refractivity contribution < 1.29 is 4.79 Å². The van der Waals surface area contributed by atoms with Crippen LogP contribution in [0.25, 0.3) is 10.2 Å². The van der Waals surface area contributed by atoms with Crippen LogP contribution in [0.3, 0.4) is 0 Å². The standard InChI is InChI=1S/C19H22N4O3S/c1-3-4-5-12-6-8-14-15(10-12)27-19(21-14)22-16(24)9-7-13-11(2)20-18(26)23-17(13)25/h6,8,10H,3-5,7,9H2,1-2H3,(H,21,22,24)(H2,20,23,25,26). The van der Waals surface area contributed by atoms with Crippen molar-refractivity contribution in [1.29, 1.82) is 0 Å². The van der Waals surface area contributed by atoms with Crippen LogP contribution in [0.1, 0.15) is 43.0 Å². The van der Waals surface area contributed by atoms with E-state index in [0.717, 1.165) is 29.5 Å². The Bertz CT molecular complexity index is 1080. The Balaban J connectivity index is 1.65. The lowest BCUT2D eigenvalue weighted by Gasteiger charge is -2.04. The number of aromatic amines is 2. The van der Waals surface area contributed by atoms with E-state index in [2.05, 4.69) is 39.3 Å². The van der Waals surface area contributed by atoms with Crippen molar-refractivity contribution >= 4 is 32.6 Å². The van der Waals surface area contributed by atoms with Gasteiger partial charge in [0.1, 0.15) is 0 Å². The summed E-state index contributed by atoms with van der Waals surface area (Å²) < 4.78 is 1.05. The number of thiazole rings is 1. The molecule has 0 radical (unpaired) electrons. The molecule has 0 atom stereocenters. The predicted molar refractivity (Wildman–Crippen MR) is 108 cm³/mol. The molecule has 0 aliphatic carbocycles. The van der Waals surface area contributed by atoms with Crippen molar-refractivity contribution in [3.63, 3.8) is 0 Å². The van der Waals surface area contributed by atoms with E-state index in [1.54, 1.807) is 6.92 Å². The van der Waals surface area contributed by atoms with Crippen molar-refractivity contribution in [1.82, 2.24) is 15.0 Å². The van der Waals surface area contributed by atoms with Gasteiger partial charge in [-0.3, -0.25) is 14.6 Å². The van der Waals surface area contributed by atoms with Crippen LogP contribution in [0.5, 0.6) is 0 Å². The summed E-state index contributed by atoms with van der Waals surface area (Å²) in [5, 5.41) is 3.35. The quantitative estimate of drug-likeness (QED) is 0.580. The van der Waals surface area contributed by atoms with Crippen molar-refractivity contribution in [2.75, 3.05) is 5.32 Å². The lowest BCUT2D eigenvalue weighted by atomic mass is 10.1. The van der Waals surface area contributed by atoms with Crippen LogP contribution >= 0.6 is 11.3 Å². The molecule has 2 aromatic heterocycles. The molecule has 0 aliphatic heterocycles. The Labute approximate surface area is 159 Å². The number of benzene rings is 1. The van der Waals surface area contributed by atoms with E-state index in [9.17, 15) is 14.4 Å². The molecule has 3 N–H and O–H groups in total. The maximum Gasteiger partial charge on any atom is 0.325 e. The van der Waals surface area contributed by atoms with Gasteiger partial charge in [0.15, 0.2) is 5.13 Å². The highest BCUT2D eigenvalue weighted by atomic mass is 32.1.